The second kappa shape index (κ2) is 7.40. The van der Waals surface area contributed by atoms with Crippen LogP contribution in [0.15, 0.2) is 0 Å². The van der Waals surface area contributed by atoms with E-state index in [4.69, 9.17) is 8.23 Å². The predicted octanol–water partition coefficient (Wildman–Crippen LogP) is 4.82. The van der Waals surface area contributed by atoms with Crippen molar-refractivity contribution >= 4 is 25.4 Å². The average molecular weight is 348 g/mol. The highest BCUT2D eigenvalue weighted by Gasteiger charge is 2.39. The van der Waals surface area contributed by atoms with Crippen molar-refractivity contribution in [1.82, 2.24) is 4.98 Å². The molecule has 0 aromatic heterocycles. The Bertz CT molecular complexity index is 323. The van der Waals surface area contributed by atoms with Gasteiger partial charge in [-0.15, -0.1) is 0 Å². The summed E-state index contributed by atoms with van der Waals surface area (Å²) in [5.41, 5.74) is 0. The van der Waals surface area contributed by atoms with Gasteiger partial charge < -0.3 is 13.2 Å². The van der Waals surface area contributed by atoms with Crippen molar-refractivity contribution in [2.24, 2.45) is 5.92 Å². The van der Waals surface area contributed by atoms with Crippen molar-refractivity contribution in [2.45, 2.75) is 90.9 Å². The average Bonchev–Trinajstić information content (AvgIpc) is 2.24. The van der Waals surface area contributed by atoms with Gasteiger partial charge in [-0.1, -0.05) is 26.2 Å². The smallest absolute Gasteiger partial charge is 0.312 e. The predicted molar refractivity (Wildman–Crippen MR) is 99.7 cm³/mol. The minimum Gasteiger partial charge on any atom is -0.437 e. The fraction of sp³-hybridized carbons (Fsp3) is 1.00. The molecular weight excluding hydrogens is 310 g/mol. The van der Waals surface area contributed by atoms with Crippen LogP contribution in [-0.2, 0) is 8.23 Å². The normalized spacial score (nSPS) is 20.6. The van der Waals surface area contributed by atoms with E-state index in [1.54, 1.807) is 0 Å². The lowest BCUT2D eigenvalue weighted by molar-refractivity contribution is 0.291. The van der Waals surface area contributed by atoms with Crippen molar-refractivity contribution in [3.63, 3.8) is 0 Å². The van der Waals surface area contributed by atoms with E-state index in [-0.39, 0.29) is 0 Å². The van der Waals surface area contributed by atoms with Crippen molar-refractivity contribution in [1.29, 1.82) is 0 Å². The molecule has 0 spiro atoms. The van der Waals surface area contributed by atoms with Crippen molar-refractivity contribution in [3.05, 3.63) is 0 Å². The molecule has 6 heteroatoms. The first-order chi connectivity index (χ1) is 9.40. The van der Waals surface area contributed by atoms with Gasteiger partial charge in [-0.05, 0) is 64.6 Å². The summed E-state index contributed by atoms with van der Waals surface area (Å²) in [6.07, 6.45) is 6.98. The maximum absolute atomic E-state index is 6.54. The molecule has 1 rings (SSSR count). The first-order valence-electron chi connectivity index (χ1n) is 8.58. The fourth-order valence-corrected chi connectivity index (χ4v) is 16.6. The van der Waals surface area contributed by atoms with E-state index in [1.807, 2.05) is 0 Å². The van der Waals surface area contributed by atoms with Crippen LogP contribution < -0.4 is 4.98 Å². The lowest BCUT2D eigenvalue weighted by atomic mass is 9.85. The molecule has 3 nitrogen and oxygen atoms in total. The number of nitrogens with one attached hydrogen (secondary N) is 1. The Morgan fingerprint density at radius 2 is 1.38 bits per heavy atom. The summed E-state index contributed by atoms with van der Waals surface area (Å²) >= 11 is 0. The van der Waals surface area contributed by atoms with E-state index in [9.17, 15) is 0 Å². The molecule has 1 saturated carbocycles. The molecule has 1 aliphatic rings. The topological polar surface area (TPSA) is 30.5 Å². The molecule has 0 aromatic carbocycles. The van der Waals surface area contributed by atoms with Gasteiger partial charge in [-0.2, -0.15) is 0 Å². The van der Waals surface area contributed by atoms with Crippen LogP contribution in [0.1, 0.15) is 39.0 Å². The molecule has 126 valence electrons. The number of rotatable bonds is 7. The fourth-order valence-electron chi connectivity index (χ4n) is 3.70. The van der Waals surface area contributed by atoms with Crippen LogP contribution in [0.4, 0.5) is 0 Å². The van der Waals surface area contributed by atoms with E-state index in [1.165, 1.54) is 32.1 Å². The zero-order valence-electron chi connectivity index (χ0n) is 15.5. The molecular formula is C15H37NO2Si3. The van der Waals surface area contributed by atoms with Gasteiger partial charge in [-0.25, -0.2) is 0 Å². The van der Waals surface area contributed by atoms with Gasteiger partial charge in [0.15, 0.2) is 8.32 Å². The van der Waals surface area contributed by atoms with Gasteiger partial charge >= 0.3 is 8.56 Å². The Morgan fingerprint density at radius 1 is 0.857 bits per heavy atom. The summed E-state index contributed by atoms with van der Waals surface area (Å²) in [5, 5.41) is 0. The Morgan fingerprint density at radius 3 is 1.86 bits per heavy atom. The number of hydrogen-bond donors (Lipinski definition) is 1. The monoisotopic (exact) mass is 347 g/mol. The van der Waals surface area contributed by atoms with Crippen molar-refractivity contribution < 1.29 is 8.23 Å². The third-order valence-corrected chi connectivity index (χ3v) is 13.6. The van der Waals surface area contributed by atoms with Crippen LogP contribution in [-0.4, -0.2) is 31.4 Å². The Balaban J connectivity index is 2.55. The molecule has 0 bridgehead atoms. The maximum Gasteiger partial charge on any atom is 0.312 e. The Kier molecular flexibility index (Phi) is 6.90. The van der Waals surface area contributed by atoms with Gasteiger partial charge in [-0.3, -0.25) is 0 Å². The third kappa shape index (κ3) is 8.08. The maximum atomic E-state index is 6.54. The molecule has 0 amide bonds. The number of hydrogen-bond acceptors (Lipinski definition) is 3. The van der Waals surface area contributed by atoms with Crippen LogP contribution in [0.2, 0.25) is 45.8 Å². The lowest BCUT2D eigenvalue weighted by Gasteiger charge is -2.40. The van der Waals surface area contributed by atoms with E-state index in [0.717, 1.165) is 5.92 Å². The standard InChI is InChI=1S/C15H37NO2Si3/c1-14(15-12-10-9-11-13-15)16-20(5,6)18-21(7,8)17-19(2,3)4/h14-16H,9-13H2,1-8H3. The molecule has 21 heavy (non-hydrogen) atoms. The van der Waals surface area contributed by atoms with Gasteiger partial charge in [0.25, 0.3) is 8.48 Å². The quantitative estimate of drug-likeness (QED) is 0.670. The van der Waals surface area contributed by atoms with Crippen molar-refractivity contribution in [2.75, 3.05) is 0 Å². The molecule has 1 aliphatic carbocycles. The highest BCUT2D eigenvalue weighted by molar-refractivity contribution is 6.86. The zero-order chi connectivity index (χ0) is 16.3. The van der Waals surface area contributed by atoms with Gasteiger partial charge in [0.1, 0.15) is 0 Å². The minimum atomic E-state index is -2.03. The van der Waals surface area contributed by atoms with Gasteiger partial charge in [0.05, 0.1) is 0 Å². The molecule has 1 N–H and O–H groups in total. The van der Waals surface area contributed by atoms with Crippen LogP contribution in [0.25, 0.3) is 0 Å². The van der Waals surface area contributed by atoms with Crippen molar-refractivity contribution in [3.8, 4) is 0 Å². The molecule has 0 aliphatic heterocycles. The Labute approximate surface area is 135 Å². The highest BCUT2D eigenvalue weighted by Crippen LogP contribution is 2.27. The minimum absolute atomic E-state index is 0.573. The third-order valence-electron chi connectivity index (χ3n) is 3.99. The highest BCUT2D eigenvalue weighted by atomic mass is 28.5. The molecule has 1 atom stereocenters. The van der Waals surface area contributed by atoms with Crippen LogP contribution in [0, 0.1) is 5.92 Å². The summed E-state index contributed by atoms with van der Waals surface area (Å²) in [5.74, 6) is 0.830. The molecule has 0 heterocycles. The molecule has 0 saturated heterocycles. The molecule has 1 unspecified atom stereocenters. The van der Waals surface area contributed by atoms with E-state index in [2.05, 4.69) is 57.7 Å². The van der Waals surface area contributed by atoms with Crippen LogP contribution in [0.3, 0.4) is 0 Å². The summed E-state index contributed by atoms with van der Waals surface area (Å²) in [6.45, 7) is 18.1. The van der Waals surface area contributed by atoms with Crippen LogP contribution >= 0.6 is 0 Å². The van der Waals surface area contributed by atoms with Gasteiger partial charge in [0, 0.05) is 6.04 Å². The first kappa shape index (κ1) is 19.6. The van der Waals surface area contributed by atoms with E-state index >= 15 is 0 Å². The largest absolute Gasteiger partial charge is 0.437 e. The van der Waals surface area contributed by atoms with E-state index < -0.39 is 25.4 Å². The molecule has 0 radical (unpaired) electrons. The second-order valence-corrected chi connectivity index (χ2v) is 20.5. The summed E-state index contributed by atoms with van der Waals surface area (Å²) in [4.78, 5) is 3.85. The summed E-state index contributed by atoms with van der Waals surface area (Å²) < 4.78 is 12.9. The summed E-state index contributed by atoms with van der Waals surface area (Å²) in [6, 6.07) is 0.573. The Hall–Kier alpha value is 0.531. The summed E-state index contributed by atoms with van der Waals surface area (Å²) in [7, 11) is -5.44. The molecule has 0 aromatic rings. The lowest BCUT2D eigenvalue weighted by Crippen LogP contribution is -2.60. The SMILES string of the molecule is CC(N[Si](C)(C)O[Si](C)(C)O[Si](C)(C)C)C1CCCCC1. The van der Waals surface area contributed by atoms with E-state index in [0.29, 0.717) is 6.04 Å². The second-order valence-electron chi connectivity index (χ2n) is 8.56. The zero-order valence-corrected chi connectivity index (χ0v) is 18.5. The van der Waals surface area contributed by atoms with Crippen LogP contribution in [0.5, 0.6) is 0 Å². The van der Waals surface area contributed by atoms with Gasteiger partial charge in [0.2, 0.25) is 0 Å². The molecule has 1 fully saturated rings. The first-order valence-corrected chi connectivity index (χ1v) is 17.7.